The zero-order chi connectivity index (χ0) is 13.4. The molecule has 0 spiro atoms. The van der Waals surface area contributed by atoms with Gasteiger partial charge in [0, 0.05) is 0 Å². The summed E-state index contributed by atoms with van der Waals surface area (Å²) in [5.41, 5.74) is 0. The number of aliphatic carboxylic acids is 1. The minimum atomic E-state index is -5.02. The van der Waals surface area contributed by atoms with E-state index in [2.05, 4.69) is 8.92 Å². The molecule has 1 rings (SSSR count). The molecule has 1 fully saturated rings. The van der Waals surface area contributed by atoms with E-state index < -0.39 is 47.1 Å². The third-order valence-corrected chi connectivity index (χ3v) is 2.46. The summed E-state index contributed by atoms with van der Waals surface area (Å²) >= 11 is 0. The van der Waals surface area contributed by atoms with Crippen LogP contribution in [-0.4, -0.2) is 70.1 Å². The average Bonchev–Trinajstić information content (AvgIpc) is 2.16. The Hall–Kier alpha value is -0.820. The summed E-state index contributed by atoms with van der Waals surface area (Å²) in [6, 6.07) is 0. The number of hydrogen-bond acceptors (Lipinski definition) is 8. The largest absolute Gasteiger partial charge is 0.479 e. The van der Waals surface area contributed by atoms with E-state index in [0.29, 0.717) is 0 Å². The van der Waals surface area contributed by atoms with E-state index in [1.54, 1.807) is 0 Å². The molecular formula is C6H10O10S. The zero-order valence-corrected chi connectivity index (χ0v) is 8.89. The third kappa shape index (κ3) is 3.32. The third-order valence-electron chi connectivity index (χ3n) is 2.03. The lowest BCUT2D eigenvalue weighted by Gasteiger charge is -2.37. The molecule has 11 heteroatoms. The number of aliphatic hydroxyl groups excluding tert-OH is 3. The molecule has 5 atom stereocenters. The van der Waals surface area contributed by atoms with Crippen LogP contribution in [0.2, 0.25) is 0 Å². The van der Waals surface area contributed by atoms with Gasteiger partial charge < -0.3 is 25.2 Å². The summed E-state index contributed by atoms with van der Waals surface area (Å²) in [4.78, 5) is 10.6. The van der Waals surface area contributed by atoms with Gasteiger partial charge in [-0.3, -0.25) is 4.55 Å². The van der Waals surface area contributed by atoms with Gasteiger partial charge in [0.15, 0.2) is 6.10 Å². The van der Waals surface area contributed by atoms with Gasteiger partial charge in [-0.2, -0.15) is 8.42 Å². The fraction of sp³-hybridized carbons (Fsp3) is 0.833. The van der Waals surface area contributed by atoms with Crippen molar-refractivity contribution >= 4 is 16.4 Å². The Bertz CT molecular complexity index is 390. The van der Waals surface area contributed by atoms with Crippen molar-refractivity contribution < 1.29 is 47.1 Å². The van der Waals surface area contributed by atoms with E-state index >= 15 is 0 Å². The van der Waals surface area contributed by atoms with Crippen molar-refractivity contribution in [3.8, 4) is 0 Å². The lowest BCUT2D eigenvalue weighted by atomic mass is 9.99. The van der Waals surface area contributed by atoms with Gasteiger partial charge in [0.1, 0.15) is 18.3 Å². The van der Waals surface area contributed by atoms with Crippen molar-refractivity contribution in [1.82, 2.24) is 0 Å². The topological polar surface area (TPSA) is 171 Å². The van der Waals surface area contributed by atoms with Crippen molar-refractivity contribution in [2.75, 3.05) is 0 Å². The molecule has 0 aromatic carbocycles. The monoisotopic (exact) mass is 274 g/mol. The zero-order valence-electron chi connectivity index (χ0n) is 8.07. The van der Waals surface area contributed by atoms with Crippen LogP contribution < -0.4 is 0 Å². The first-order valence-electron chi connectivity index (χ1n) is 4.21. The molecular weight excluding hydrogens is 264 g/mol. The predicted molar refractivity (Wildman–Crippen MR) is 47.0 cm³/mol. The Morgan fingerprint density at radius 1 is 1.12 bits per heavy atom. The molecule has 0 bridgehead atoms. The summed E-state index contributed by atoms with van der Waals surface area (Å²) in [5.74, 6) is -1.70. The van der Waals surface area contributed by atoms with Gasteiger partial charge in [-0.1, -0.05) is 0 Å². The standard InChI is InChI=1S/C6H10O10S/c7-1-2(8)4(5(10)11)15-6(3(1)9)16-17(12,13)14/h1-4,6-9H,(H,10,11)(H,12,13,14)/t1-,2-,3+,4+,6?/m0/s1. The van der Waals surface area contributed by atoms with Crippen molar-refractivity contribution in [2.45, 2.75) is 30.7 Å². The van der Waals surface area contributed by atoms with Crippen molar-refractivity contribution in [3.05, 3.63) is 0 Å². The second kappa shape index (κ2) is 4.81. The Morgan fingerprint density at radius 2 is 1.65 bits per heavy atom. The summed E-state index contributed by atoms with van der Waals surface area (Å²) in [6.07, 6.45) is -10.1. The minimum Gasteiger partial charge on any atom is -0.479 e. The van der Waals surface area contributed by atoms with E-state index in [9.17, 15) is 28.5 Å². The minimum absolute atomic E-state index is 1.70. The highest BCUT2D eigenvalue weighted by atomic mass is 32.3. The lowest BCUT2D eigenvalue weighted by Crippen LogP contribution is -2.60. The predicted octanol–water partition coefficient (Wildman–Crippen LogP) is -3.30. The highest BCUT2D eigenvalue weighted by Gasteiger charge is 2.48. The van der Waals surface area contributed by atoms with Crippen LogP contribution in [0, 0.1) is 0 Å². The first-order chi connectivity index (χ1) is 7.63. The van der Waals surface area contributed by atoms with Crippen molar-refractivity contribution in [1.29, 1.82) is 0 Å². The molecule has 0 radical (unpaired) electrons. The maximum Gasteiger partial charge on any atom is 0.399 e. The molecule has 17 heavy (non-hydrogen) atoms. The molecule has 1 aliphatic heterocycles. The van der Waals surface area contributed by atoms with Crippen LogP contribution in [-0.2, 0) is 24.1 Å². The highest BCUT2D eigenvalue weighted by molar-refractivity contribution is 7.80. The van der Waals surface area contributed by atoms with E-state index in [4.69, 9.17) is 9.66 Å². The van der Waals surface area contributed by atoms with Crippen LogP contribution in [0.3, 0.4) is 0 Å². The molecule has 1 saturated heterocycles. The smallest absolute Gasteiger partial charge is 0.399 e. The fourth-order valence-corrected chi connectivity index (χ4v) is 1.65. The number of ether oxygens (including phenoxy) is 1. The fourth-order valence-electron chi connectivity index (χ4n) is 1.25. The van der Waals surface area contributed by atoms with Gasteiger partial charge in [-0.15, -0.1) is 0 Å². The van der Waals surface area contributed by atoms with Crippen molar-refractivity contribution in [3.63, 3.8) is 0 Å². The quantitative estimate of drug-likeness (QED) is 0.328. The molecule has 5 N–H and O–H groups in total. The first-order valence-corrected chi connectivity index (χ1v) is 5.58. The molecule has 10 nitrogen and oxygen atoms in total. The number of carbonyl (C=O) groups is 1. The SMILES string of the molecule is O=C(O)[C@@H]1OC(OS(=O)(=O)O)[C@H](O)[C@@H](O)[C@@H]1O. The summed E-state index contributed by atoms with van der Waals surface area (Å²) in [7, 11) is -5.02. The van der Waals surface area contributed by atoms with Crippen LogP contribution in [0.25, 0.3) is 0 Å². The summed E-state index contributed by atoms with van der Waals surface area (Å²) in [6.45, 7) is 0. The van der Waals surface area contributed by atoms with E-state index in [1.165, 1.54) is 0 Å². The van der Waals surface area contributed by atoms with E-state index in [-0.39, 0.29) is 0 Å². The Balaban J connectivity index is 2.89. The van der Waals surface area contributed by atoms with Crippen LogP contribution in [0.15, 0.2) is 0 Å². The first kappa shape index (κ1) is 14.2. The molecule has 0 aliphatic carbocycles. The van der Waals surface area contributed by atoms with Crippen LogP contribution in [0.4, 0.5) is 0 Å². The van der Waals surface area contributed by atoms with Crippen LogP contribution >= 0.6 is 0 Å². The Kier molecular flexibility index (Phi) is 4.03. The number of carboxylic acids is 1. The highest BCUT2D eigenvalue weighted by Crippen LogP contribution is 2.23. The number of aliphatic hydroxyl groups is 3. The molecule has 0 aromatic heterocycles. The average molecular weight is 274 g/mol. The second-order valence-corrected chi connectivity index (χ2v) is 4.31. The number of rotatable bonds is 3. The molecule has 0 saturated carbocycles. The van der Waals surface area contributed by atoms with Gasteiger partial charge in [-0.25, -0.2) is 8.98 Å². The summed E-state index contributed by atoms with van der Waals surface area (Å²) in [5, 5.41) is 36.3. The molecule has 0 aromatic rings. The van der Waals surface area contributed by atoms with Crippen LogP contribution in [0.1, 0.15) is 0 Å². The number of carboxylic acid groups (broad SMARTS) is 1. The van der Waals surface area contributed by atoms with Crippen LogP contribution in [0.5, 0.6) is 0 Å². The molecule has 1 unspecified atom stereocenters. The van der Waals surface area contributed by atoms with Crippen molar-refractivity contribution in [2.24, 2.45) is 0 Å². The van der Waals surface area contributed by atoms with E-state index in [0.717, 1.165) is 0 Å². The summed E-state index contributed by atoms with van der Waals surface area (Å²) < 4.78 is 37.3. The van der Waals surface area contributed by atoms with Gasteiger partial charge in [0.05, 0.1) is 0 Å². The maximum atomic E-state index is 10.6. The number of hydrogen-bond donors (Lipinski definition) is 5. The maximum absolute atomic E-state index is 10.6. The van der Waals surface area contributed by atoms with Gasteiger partial charge in [0.25, 0.3) is 0 Å². The Morgan fingerprint density at radius 3 is 2.06 bits per heavy atom. The second-order valence-electron chi connectivity index (χ2n) is 3.26. The molecule has 0 amide bonds. The molecule has 1 heterocycles. The normalized spacial score (nSPS) is 38.9. The van der Waals surface area contributed by atoms with Gasteiger partial charge in [-0.05, 0) is 0 Å². The van der Waals surface area contributed by atoms with Gasteiger partial charge in [0.2, 0.25) is 6.29 Å². The lowest BCUT2D eigenvalue weighted by molar-refractivity contribution is -0.271. The van der Waals surface area contributed by atoms with E-state index in [1.807, 2.05) is 0 Å². The molecule has 100 valence electrons. The van der Waals surface area contributed by atoms with Gasteiger partial charge >= 0.3 is 16.4 Å². The Labute approximate surface area is 95.0 Å². The molecule has 1 aliphatic rings.